The number of rotatable bonds is 6. The molecule has 7 nitrogen and oxygen atoms in total. The Balaban J connectivity index is 1.59. The Bertz CT molecular complexity index is 1340. The van der Waals surface area contributed by atoms with Crippen molar-refractivity contribution in [3.05, 3.63) is 65.4 Å². The van der Waals surface area contributed by atoms with Crippen LogP contribution in [0.15, 0.2) is 53.4 Å². The largest absolute Gasteiger partial charge is 0.497 e. The molecule has 0 unspecified atom stereocenters. The van der Waals surface area contributed by atoms with Gasteiger partial charge in [-0.15, -0.1) is 0 Å². The molecule has 192 valence electrons. The Morgan fingerprint density at radius 2 is 1.67 bits per heavy atom. The van der Waals surface area contributed by atoms with Gasteiger partial charge < -0.3 is 9.64 Å². The van der Waals surface area contributed by atoms with Gasteiger partial charge in [-0.3, -0.25) is 0 Å². The smallest absolute Gasteiger partial charge is 0.416 e. The lowest BCUT2D eigenvalue weighted by molar-refractivity contribution is -0.137. The third-order valence-corrected chi connectivity index (χ3v) is 8.14. The maximum absolute atomic E-state index is 13.2. The van der Waals surface area contributed by atoms with Crippen LogP contribution >= 0.6 is 0 Å². The van der Waals surface area contributed by atoms with Gasteiger partial charge in [-0.1, -0.05) is 19.1 Å². The second-order valence-corrected chi connectivity index (χ2v) is 10.4. The van der Waals surface area contributed by atoms with Crippen LogP contribution in [-0.4, -0.2) is 56.0 Å². The lowest BCUT2D eigenvalue weighted by atomic mass is 10.1. The van der Waals surface area contributed by atoms with Gasteiger partial charge in [0, 0.05) is 43.0 Å². The average Bonchev–Trinajstić information content (AvgIpc) is 2.88. The molecule has 4 rings (SSSR count). The fraction of sp³-hybridized carbons (Fsp3) is 0.360. The van der Waals surface area contributed by atoms with Gasteiger partial charge in [0.25, 0.3) is 0 Å². The molecule has 36 heavy (non-hydrogen) atoms. The molecule has 0 radical (unpaired) electrons. The van der Waals surface area contributed by atoms with Gasteiger partial charge in [-0.05, 0) is 49.7 Å². The second kappa shape index (κ2) is 10.1. The number of aromatic nitrogens is 2. The highest BCUT2D eigenvalue weighted by Gasteiger charge is 2.32. The molecule has 0 saturated carbocycles. The van der Waals surface area contributed by atoms with E-state index in [2.05, 4.69) is 9.97 Å². The molecule has 0 amide bonds. The summed E-state index contributed by atoms with van der Waals surface area (Å²) >= 11 is 0. The summed E-state index contributed by atoms with van der Waals surface area (Å²) in [6.45, 7) is 5.05. The lowest BCUT2D eigenvalue weighted by Gasteiger charge is -2.35. The van der Waals surface area contributed by atoms with Crippen LogP contribution in [0.25, 0.3) is 11.4 Å². The number of aryl methyl sites for hydroxylation is 1. The zero-order valence-electron chi connectivity index (χ0n) is 20.2. The molecule has 0 bridgehead atoms. The van der Waals surface area contributed by atoms with Gasteiger partial charge in [-0.2, -0.15) is 17.5 Å². The summed E-state index contributed by atoms with van der Waals surface area (Å²) in [4.78, 5) is 11.3. The van der Waals surface area contributed by atoms with Crippen molar-refractivity contribution >= 4 is 15.8 Å². The zero-order valence-corrected chi connectivity index (χ0v) is 21.0. The van der Waals surface area contributed by atoms with Crippen LogP contribution in [0.5, 0.6) is 5.75 Å². The number of piperazine rings is 1. The zero-order chi connectivity index (χ0) is 26.1. The minimum Gasteiger partial charge on any atom is -0.497 e. The van der Waals surface area contributed by atoms with Crippen molar-refractivity contribution in [3.63, 3.8) is 0 Å². The first-order chi connectivity index (χ1) is 17.0. The maximum Gasteiger partial charge on any atom is 0.416 e. The monoisotopic (exact) mass is 520 g/mol. The van der Waals surface area contributed by atoms with Crippen molar-refractivity contribution in [2.45, 2.75) is 31.3 Å². The number of methoxy groups -OCH3 is 1. The maximum atomic E-state index is 13.2. The molecule has 1 fully saturated rings. The van der Waals surface area contributed by atoms with Crippen molar-refractivity contribution < 1.29 is 26.3 Å². The van der Waals surface area contributed by atoms with E-state index in [4.69, 9.17) is 4.74 Å². The van der Waals surface area contributed by atoms with E-state index in [-0.39, 0.29) is 29.4 Å². The van der Waals surface area contributed by atoms with Gasteiger partial charge in [0.15, 0.2) is 5.82 Å². The molecule has 0 N–H and O–H groups in total. The fourth-order valence-electron chi connectivity index (χ4n) is 4.26. The number of alkyl halides is 3. The van der Waals surface area contributed by atoms with Crippen LogP contribution in [0.1, 0.15) is 23.7 Å². The molecule has 1 aliphatic rings. The van der Waals surface area contributed by atoms with Gasteiger partial charge in [0.05, 0.1) is 17.6 Å². The van der Waals surface area contributed by atoms with Crippen molar-refractivity contribution in [1.82, 2.24) is 14.3 Å². The molecular weight excluding hydrogens is 493 g/mol. The first-order valence-corrected chi connectivity index (χ1v) is 12.9. The standard InChI is InChI=1S/C25H27F3N4O3S/c1-4-22-17(2)29-23(18-6-5-7-19(16-18)25(26,27)28)30-24(22)31-12-14-32(15-13-31)36(33,34)21-10-8-20(35-3)9-11-21/h5-11,16H,4,12-15H2,1-3H3. The minimum atomic E-state index is -4.47. The van der Waals surface area contributed by atoms with Gasteiger partial charge in [0.2, 0.25) is 10.0 Å². The summed E-state index contributed by atoms with van der Waals surface area (Å²) in [5, 5.41) is 0. The average molecular weight is 521 g/mol. The van der Waals surface area contributed by atoms with Crippen LogP contribution in [0.3, 0.4) is 0 Å². The summed E-state index contributed by atoms with van der Waals surface area (Å²) < 4.78 is 72.5. The van der Waals surface area contributed by atoms with E-state index < -0.39 is 21.8 Å². The highest BCUT2D eigenvalue weighted by Crippen LogP contribution is 2.33. The molecule has 11 heteroatoms. The van der Waals surface area contributed by atoms with Gasteiger partial charge in [0.1, 0.15) is 11.6 Å². The van der Waals surface area contributed by atoms with E-state index in [0.29, 0.717) is 36.8 Å². The number of hydrogen-bond acceptors (Lipinski definition) is 6. The Labute approximate surface area is 208 Å². The van der Waals surface area contributed by atoms with E-state index in [1.165, 1.54) is 29.6 Å². The quantitative estimate of drug-likeness (QED) is 0.475. The molecular formula is C25H27F3N4O3S. The predicted molar refractivity (Wildman–Crippen MR) is 131 cm³/mol. The van der Waals surface area contributed by atoms with Crippen LogP contribution in [0.2, 0.25) is 0 Å². The number of nitrogens with zero attached hydrogens (tertiary/aromatic N) is 4. The Morgan fingerprint density at radius 3 is 2.25 bits per heavy atom. The van der Waals surface area contributed by atoms with E-state index in [0.717, 1.165) is 17.7 Å². The first kappa shape index (κ1) is 25.9. The summed E-state index contributed by atoms with van der Waals surface area (Å²) in [6.07, 6.45) is -3.84. The van der Waals surface area contributed by atoms with E-state index >= 15 is 0 Å². The van der Waals surface area contributed by atoms with Crippen LogP contribution in [0, 0.1) is 6.92 Å². The van der Waals surface area contributed by atoms with E-state index in [9.17, 15) is 21.6 Å². The highest BCUT2D eigenvalue weighted by molar-refractivity contribution is 7.89. The molecule has 0 spiro atoms. The first-order valence-electron chi connectivity index (χ1n) is 11.5. The molecule has 0 aliphatic carbocycles. The molecule has 2 heterocycles. The molecule has 1 saturated heterocycles. The molecule has 2 aromatic carbocycles. The van der Waals surface area contributed by atoms with Crippen molar-refractivity contribution in [2.24, 2.45) is 0 Å². The lowest BCUT2D eigenvalue weighted by Crippen LogP contribution is -2.49. The van der Waals surface area contributed by atoms with Crippen molar-refractivity contribution in [3.8, 4) is 17.1 Å². The Hall–Kier alpha value is -3.18. The molecule has 1 aromatic heterocycles. The summed E-state index contributed by atoms with van der Waals surface area (Å²) in [5.41, 5.74) is 1.08. The fourth-order valence-corrected chi connectivity index (χ4v) is 5.68. The summed E-state index contributed by atoms with van der Waals surface area (Å²) in [6, 6.07) is 11.2. The topological polar surface area (TPSA) is 75.6 Å². The number of anilines is 1. The number of halogens is 3. The molecule has 3 aromatic rings. The molecule has 0 atom stereocenters. The van der Waals surface area contributed by atoms with Crippen molar-refractivity contribution in [2.75, 3.05) is 38.2 Å². The summed E-state index contributed by atoms with van der Waals surface area (Å²) in [7, 11) is -2.16. The number of benzene rings is 2. The second-order valence-electron chi connectivity index (χ2n) is 8.43. The number of hydrogen-bond donors (Lipinski definition) is 0. The highest BCUT2D eigenvalue weighted by atomic mass is 32.2. The normalized spacial score (nSPS) is 15.2. The van der Waals surface area contributed by atoms with Gasteiger partial charge in [-0.25, -0.2) is 18.4 Å². The predicted octanol–water partition coefficient (Wildman–Crippen LogP) is 4.55. The number of ether oxygens (including phenoxy) is 1. The molecule has 1 aliphatic heterocycles. The van der Waals surface area contributed by atoms with E-state index in [1.54, 1.807) is 18.2 Å². The minimum absolute atomic E-state index is 0.190. The van der Waals surface area contributed by atoms with Gasteiger partial charge >= 0.3 is 6.18 Å². The van der Waals surface area contributed by atoms with Crippen LogP contribution in [-0.2, 0) is 22.6 Å². The van der Waals surface area contributed by atoms with Crippen molar-refractivity contribution in [1.29, 1.82) is 0 Å². The van der Waals surface area contributed by atoms with E-state index in [1.807, 2.05) is 18.7 Å². The van der Waals surface area contributed by atoms with Crippen LogP contribution in [0.4, 0.5) is 19.0 Å². The SMILES string of the molecule is CCc1c(C)nc(-c2cccc(C(F)(F)F)c2)nc1N1CCN(S(=O)(=O)c2ccc(OC)cc2)CC1. The Kier molecular flexibility index (Phi) is 7.24. The van der Waals surface area contributed by atoms with Crippen LogP contribution < -0.4 is 9.64 Å². The Morgan fingerprint density at radius 1 is 1.00 bits per heavy atom. The summed E-state index contributed by atoms with van der Waals surface area (Å²) in [5.74, 6) is 1.40. The number of sulfonamides is 1. The third-order valence-electron chi connectivity index (χ3n) is 6.23. The third kappa shape index (κ3) is 5.17.